The molecule has 4 aromatic carbocycles. The van der Waals surface area contributed by atoms with Crippen LogP contribution in [-0.4, -0.2) is 23.2 Å². The van der Waals surface area contributed by atoms with Gasteiger partial charge in [0.15, 0.2) is 0 Å². The van der Waals surface area contributed by atoms with Crippen LogP contribution >= 0.6 is 15.9 Å². The average molecular weight is 489 g/mol. The number of hydrogen-bond donors (Lipinski definition) is 2. The van der Waals surface area contributed by atoms with Gasteiger partial charge in [0.25, 0.3) is 5.91 Å². The molecule has 2 N–H and O–H groups in total. The molecule has 6 nitrogen and oxygen atoms in total. The molecule has 0 heterocycles. The zero-order valence-electron chi connectivity index (χ0n) is 16.7. The number of nitrogens with zero attached hydrogens (tertiary/aromatic N) is 1. The van der Waals surface area contributed by atoms with Crippen LogP contribution in [0.15, 0.2) is 94.5 Å². The molecule has 0 fully saturated rings. The van der Waals surface area contributed by atoms with Crippen LogP contribution < -0.4 is 10.2 Å². The summed E-state index contributed by atoms with van der Waals surface area (Å²) in [4.78, 5) is 24.7. The molecule has 0 aliphatic rings. The van der Waals surface area contributed by atoms with Gasteiger partial charge in [-0.1, -0.05) is 36.4 Å². The highest BCUT2D eigenvalue weighted by molar-refractivity contribution is 9.10. The van der Waals surface area contributed by atoms with Gasteiger partial charge < -0.3 is 9.84 Å². The average Bonchev–Trinajstić information content (AvgIpc) is 2.80. The van der Waals surface area contributed by atoms with Crippen molar-refractivity contribution in [2.24, 2.45) is 5.10 Å². The zero-order chi connectivity index (χ0) is 22.5. The zero-order valence-corrected chi connectivity index (χ0v) is 18.2. The number of phenols is 1. The molecule has 4 rings (SSSR count). The molecule has 0 atom stereocenters. The highest BCUT2D eigenvalue weighted by Crippen LogP contribution is 2.25. The monoisotopic (exact) mass is 488 g/mol. The number of phenolic OH excluding ortho intramolecular Hbond substituents is 1. The van der Waals surface area contributed by atoms with Crippen molar-refractivity contribution >= 4 is 44.8 Å². The largest absolute Gasteiger partial charge is 0.507 e. The van der Waals surface area contributed by atoms with Crippen molar-refractivity contribution in [2.75, 3.05) is 0 Å². The lowest BCUT2D eigenvalue weighted by Gasteiger charge is -2.06. The highest BCUT2D eigenvalue weighted by atomic mass is 79.9. The van der Waals surface area contributed by atoms with Gasteiger partial charge in [-0.25, -0.2) is 10.2 Å². The first kappa shape index (κ1) is 21.3. The molecule has 0 spiro atoms. The number of benzene rings is 4. The van der Waals surface area contributed by atoms with E-state index in [9.17, 15) is 14.7 Å². The smallest absolute Gasteiger partial charge is 0.344 e. The number of esters is 1. The number of hydrazone groups is 1. The van der Waals surface area contributed by atoms with Crippen LogP contribution in [0, 0.1) is 0 Å². The third-order valence-electron chi connectivity index (χ3n) is 4.67. The number of rotatable bonds is 5. The summed E-state index contributed by atoms with van der Waals surface area (Å²) in [5.41, 5.74) is 3.66. The molecule has 0 aliphatic carbocycles. The van der Waals surface area contributed by atoms with Crippen LogP contribution in [0.2, 0.25) is 0 Å². The molecule has 4 aromatic rings. The highest BCUT2D eigenvalue weighted by Gasteiger charge is 2.13. The van der Waals surface area contributed by atoms with Gasteiger partial charge in [-0.3, -0.25) is 4.79 Å². The maximum absolute atomic E-state index is 12.4. The summed E-state index contributed by atoms with van der Waals surface area (Å²) in [7, 11) is 0. The van der Waals surface area contributed by atoms with Crippen LogP contribution in [-0.2, 0) is 0 Å². The number of carbonyl (C=O) groups is 2. The minimum Gasteiger partial charge on any atom is -0.507 e. The van der Waals surface area contributed by atoms with Crippen LogP contribution in [0.1, 0.15) is 26.3 Å². The van der Waals surface area contributed by atoms with Crippen molar-refractivity contribution in [1.29, 1.82) is 0 Å². The lowest BCUT2D eigenvalue weighted by molar-refractivity contribution is 0.0733. The van der Waals surface area contributed by atoms with Crippen LogP contribution in [0.25, 0.3) is 10.8 Å². The molecule has 158 valence electrons. The molecule has 1 amide bonds. The molecule has 0 saturated carbocycles. The van der Waals surface area contributed by atoms with Gasteiger partial charge in [-0.05, 0) is 80.8 Å². The number of ether oxygens (including phenoxy) is 1. The van der Waals surface area contributed by atoms with Crippen molar-refractivity contribution < 1.29 is 19.4 Å². The Bertz CT molecular complexity index is 1330. The van der Waals surface area contributed by atoms with Crippen molar-refractivity contribution in [1.82, 2.24) is 5.43 Å². The number of aromatic hydroxyl groups is 1. The fourth-order valence-electron chi connectivity index (χ4n) is 3.05. The summed E-state index contributed by atoms with van der Waals surface area (Å²) in [6.07, 6.45) is 1.45. The Morgan fingerprint density at radius 3 is 2.25 bits per heavy atom. The van der Waals surface area contributed by atoms with E-state index < -0.39 is 11.9 Å². The minimum absolute atomic E-state index is 0.118. The van der Waals surface area contributed by atoms with E-state index in [1.54, 1.807) is 54.6 Å². The summed E-state index contributed by atoms with van der Waals surface area (Å²) >= 11 is 3.33. The molecule has 0 unspecified atom stereocenters. The normalized spacial score (nSPS) is 10.9. The van der Waals surface area contributed by atoms with Gasteiger partial charge in [-0.2, -0.15) is 5.10 Å². The Kier molecular flexibility index (Phi) is 6.28. The fourth-order valence-corrected chi connectivity index (χ4v) is 3.49. The van der Waals surface area contributed by atoms with E-state index in [2.05, 4.69) is 26.5 Å². The Balaban J connectivity index is 1.39. The topological polar surface area (TPSA) is 88.0 Å². The quantitative estimate of drug-likeness (QED) is 0.173. The van der Waals surface area contributed by atoms with E-state index in [0.717, 1.165) is 10.8 Å². The molecular formula is C25H17BrN2O4. The molecule has 0 aliphatic heterocycles. The second kappa shape index (κ2) is 9.45. The van der Waals surface area contributed by atoms with Gasteiger partial charge in [-0.15, -0.1) is 0 Å². The van der Waals surface area contributed by atoms with Gasteiger partial charge >= 0.3 is 5.97 Å². The van der Waals surface area contributed by atoms with Gasteiger partial charge in [0.1, 0.15) is 11.5 Å². The molecule has 0 radical (unpaired) electrons. The third kappa shape index (κ3) is 4.84. The van der Waals surface area contributed by atoms with Gasteiger partial charge in [0, 0.05) is 4.47 Å². The SMILES string of the molecule is O=C(N/N=C\c1ccc(OC(=O)c2ccccc2Br)cc1)c1cc2ccccc2cc1O. The molecule has 0 saturated heterocycles. The van der Waals surface area contributed by atoms with E-state index in [1.807, 2.05) is 30.3 Å². The number of fused-ring (bicyclic) bond motifs is 1. The number of amides is 1. The van der Waals surface area contributed by atoms with E-state index in [4.69, 9.17) is 4.74 Å². The lowest BCUT2D eigenvalue weighted by atomic mass is 10.1. The molecule has 0 aromatic heterocycles. The maximum Gasteiger partial charge on any atom is 0.344 e. The first-order valence-corrected chi connectivity index (χ1v) is 10.4. The molecule has 0 bridgehead atoms. The fraction of sp³-hybridized carbons (Fsp3) is 0. The number of halogens is 1. The Hall–Kier alpha value is -3.97. The molecule has 7 heteroatoms. The Labute approximate surface area is 192 Å². The third-order valence-corrected chi connectivity index (χ3v) is 5.36. The van der Waals surface area contributed by atoms with E-state index >= 15 is 0 Å². The predicted octanol–water partition coefficient (Wildman–Crippen LogP) is 5.29. The second-order valence-electron chi connectivity index (χ2n) is 6.85. The maximum atomic E-state index is 12.4. The minimum atomic E-state index is -0.525. The van der Waals surface area contributed by atoms with Gasteiger partial charge in [0.05, 0.1) is 17.3 Å². The van der Waals surface area contributed by atoms with E-state index in [-0.39, 0.29) is 11.3 Å². The van der Waals surface area contributed by atoms with E-state index in [0.29, 0.717) is 21.3 Å². The van der Waals surface area contributed by atoms with Crippen molar-refractivity contribution in [3.05, 3.63) is 106 Å². The second-order valence-corrected chi connectivity index (χ2v) is 7.71. The summed E-state index contributed by atoms with van der Waals surface area (Å²) in [5, 5.41) is 15.8. The van der Waals surface area contributed by atoms with Crippen molar-refractivity contribution in [2.45, 2.75) is 0 Å². The summed E-state index contributed by atoms with van der Waals surface area (Å²) in [5.74, 6) is -0.731. The Morgan fingerprint density at radius 1 is 0.875 bits per heavy atom. The number of carbonyl (C=O) groups excluding carboxylic acids is 2. The van der Waals surface area contributed by atoms with Crippen LogP contribution in [0.4, 0.5) is 0 Å². The molecule has 32 heavy (non-hydrogen) atoms. The Morgan fingerprint density at radius 2 is 1.53 bits per heavy atom. The molecular weight excluding hydrogens is 472 g/mol. The standard InChI is InChI=1S/C25H17BrN2O4/c26-22-8-4-3-7-20(22)25(31)32-19-11-9-16(10-12-19)15-27-28-24(30)21-13-17-5-1-2-6-18(17)14-23(21)29/h1-15,29H,(H,28,30)/b27-15-. The summed E-state index contributed by atoms with van der Waals surface area (Å²) in [6.45, 7) is 0. The lowest BCUT2D eigenvalue weighted by Crippen LogP contribution is -2.17. The summed E-state index contributed by atoms with van der Waals surface area (Å²) < 4.78 is 6.03. The summed E-state index contributed by atoms with van der Waals surface area (Å²) in [6, 6.07) is 24.3. The van der Waals surface area contributed by atoms with Crippen molar-refractivity contribution in [3.8, 4) is 11.5 Å². The first-order valence-electron chi connectivity index (χ1n) is 9.63. The van der Waals surface area contributed by atoms with Crippen LogP contribution in [0.3, 0.4) is 0 Å². The van der Waals surface area contributed by atoms with E-state index in [1.165, 1.54) is 6.21 Å². The first-order chi connectivity index (χ1) is 15.5. The number of nitrogens with one attached hydrogen (secondary N) is 1. The van der Waals surface area contributed by atoms with Gasteiger partial charge in [0.2, 0.25) is 0 Å². The number of hydrogen-bond acceptors (Lipinski definition) is 5. The predicted molar refractivity (Wildman–Crippen MR) is 126 cm³/mol. The van der Waals surface area contributed by atoms with Crippen LogP contribution in [0.5, 0.6) is 11.5 Å². The van der Waals surface area contributed by atoms with Crippen molar-refractivity contribution in [3.63, 3.8) is 0 Å².